The number of nitrogens with one attached hydrogen (secondary N) is 3. The van der Waals surface area contributed by atoms with Crippen LogP contribution in [-0.2, 0) is 19.5 Å². The van der Waals surface area contributed by atoms with E-state index in [2.05, 4.69) is 25.3 Å². The van der Waals surface area contributed by atoms with Crippen LogP contribution in [0.4, 0.5) is 5.82 Å². The molecule has 0 radical (unpaired) electrons. The van der Waals surface area contributed by atoms with Crippen molar-refractivity contribution in [3.63, 3.8) is 0 Å². The molecule has 0 atom stereocenters. The molecule has 0 fully saturated rings. The van der Waals surface area contributed by atoms with Crippen LogP contribution in [0.5, 0.6) is 0 Å². The first kappa shape index (κ1) is 19.9. The Morgan fingerprint density at radius 3 is 2.90 bits per heavy atom. The molecule has 1 amide bonds. The van der Waals surface area contributed by atoms with Crippen LogP contribution in [-0.4, -0.2) is 38.5 Å². The lowest BCUT2D eigenvalue weighted by Gasteiger charge is -2.31. The molecule has 154 valence electrons. The summed E-state index contributed by atoms with van der Waals surface area (Å²) in [6.45, 7) is 5.56. The number of carbonyl (C=O) groups is 1. The van der Waals surface area contributed by atoms with Crippen molar-refractivity contribution >= 4 is 29.4 Å². The van der Waals surface area contributed by atoms with E-state index in [9.17, 15) is 4.79 Å². The van der Waals surface area contributed by atoms with Crippen LogP contribution in [0.2, 0.25) is 0 Å². The zero-order chi connectivity index (χ0) is 21.3. The third kappa shape index (κ3) is 3.73. The molecule has 3 N–H and O–H groups in total. The Morgan fingerprint density at radius 1 is 1.33 bits per heavy atom. The Kier molecular flexibility index (Phi) is 5.40. The molecule has 0 bridgehead atoms. The molecular formula is C20H22N8OS. The molecule has 0 aliphatic carbocycles. The van der Waals surface area contributed by atoms with Crippen LogP contribution in [0.1, 0.15) is 37.6 Å². The maximum atomic E-state index is 12.6. The van der Waals surface area contributed by atoms with E-state index < -0.39 is 0 Å². The number of aromatic nitrogens is 4. The summed E-state index contributed by atoms with van der Waals surface area (Å²) in [5.41, 5.74) is 6.17. The summed E-state index contributed by atoms with van der Waals surface area (Å²) in [6.07, 6.45) is 5.16. The predicted molar refractivity (Wildman–Crippen MR) is 114 cm³/mol. The summed E-state index contributed by atoms with van der Waals surface area (Å²) in [4.78, 5) is 24.2. The van der Waals surface area contributed by atoms with Gasteiger partial charge in [-0.3, -0.25) is 25.6 Å². The summed E-state index contributed by atoms with van der Waals surface area (Å²) in [6, 6.07) is 1.89. The molecule has 1 aliphatic heterocycles. The Labute approximate surface area is 177 Å². The lowest BCUT2D eigenvalue weighted by Crippen LogP contribution is -2.36. The highest BCUT2D eigenvalue weighted by atomic mass is 32.1. The second-order valence-electron chi connectivity index (χ2n) is 7.15. The molecule has 4 heterocycles. The fourth-order valence-corrected chi connectivity index (χ4v) is 4.00. The van der Waals surface area contributed by atoms with Crippen LogP contribution in [0, 0.1) is 24.7 Å². The van der Waals surface area contributed by atoms with Gasteiger partial charge in [0.25, 0.3) is 5.91 Å². The van der Waals surface area contributed by atoms with Gasteiger partial charge in [0.15, 0.2) is 11.3 Å². The van der Waals surface area contributed by atoms with Gasteiger partial charge in [0.05, 0.1) is 17.6 Å². The van der Waals surface area contributed by atoms with Gasteiger partial charge in [0.1, 0.15) is 6.34 Å². The average molecular weight is 423 g/mol. The van der Waals surface area contributed by atoms with Gasteiger partial charge in [0, 0.05) is 48.0 Å². The summed E-state index contributed by atoms with van der Waals surface area (Å²) >= 11 is 1.50. The number of amides is 1. The van der Waals surface area contributed by atoms with Crippen molar-refractivity contribution in [1.82, 2.24) is 25.1 Å². The number of pyridine rings is 1. The fraction of sp³-hybridized carbons (Fsp3) is 0.300. The third-order valence-corrected chi connectivity index (χ3v) is 6.09. The van der Waals surface area contributed by atoms with Gasteiger partial charge in [0.2, 0.25) is 0 Å². The lowest BCUT2D eigenvalue weighted by atomic mass is 10.0. The number of rotatable bonds is 5. The lowest BCUT2D eigenvalue weighted by molar-refractivity contribution is 0.0950. The molecule has 3 aromatic heterocycles. The second-order valence-corrected chi connectivity index (χ2v) is 8.12. The zero-order valence-electron chi connectivity index (χ0n) is 16.8. The largest absolute Gasteiger partial charge is 0.350 e. The first-order chi connectivity index (χ1) is 14.5. The summed E-state index contributed by atoms with van der Waals surface area (Å²) < 4.78 is 1.27. The Hall–Kier alpha value is -3.40. The van der Waals surface area contributed by atoms with E-state index >= 15 is 0 Å². The second kappa shape index (κ2) is 8.15. The number of nitrogens with zero attached hydrogens (tertiary/aromatic N) is 5. The topological polar surface area (TPSA) is 124 Å². The molecule has 0 saturated carbocycles. The maximum Gasteiger partial charge on any atom is 0.253 e. The van der Waals surface area contributed by atoms with Gasteiger partial charge in [-0.25, -0.2) is 4.68 Å². The first-order valence-electron chi connectivity index (χ1n) is 9.51. The van der Waals surface area contributed by atoms with E-state index in [0.717, 1.165) is 52.4 Å². The minimum Gasteiger partial charge on any atom is -0.350 e. The van der Waals surface area contributed by atoms with Crippen LogP contribution >= 0.6 is 11.3 Å². The molecule has 30 heavy (non-hydrogen) atoms. The van der Waals surface area contributed by atoms with Crippen molar-refractivity contribution in [2.75, 3.05) is 11.4 Å². The normalized spacial score (nSPS) is 13.1. The number of carbonyl (C=O) groups excluding carboxylic acids is 1. The highest BCUT2D eigenvalue weighted by Crippen LogP contribution is 2.25. The summed E-state index contributed by atoms with van der Waals surface area (Å²) in [7, 11) is 0. The van der Waals surface area contributed by atoms with E-state index in [1.165, 1.54) is 16.0 Å². The quantitative estimate of drug-likeness (QED) is 0.427. The van der Waals surface area contributed by atoms with Crippen molar-refractivity contribution < 1.29 is 4.79 Å². The van der Waals surface area contributed by atoms with Gasteiger partial charge < -0.3 is 10.2 Å². The number of fused-ring (bicyclic) bond motifs is 1. The number of hydrogen-bond donors (Lipinski definition) is 3. The van der Waals surface area contributed by atoms with E-state index in [-0.39, 0.29) is 11.4 Å². The summed E-state index contributed by atoms with van der Waals surface area (Å²) in [5, 5.41) is 23.0. The maximum absolute atomic E-state index is 12.6. The van der Waals surface area contributed by atoms with Crippen molar-refractivity contribution in [2.24, 2.45) is 0 Å². The minimum absolute atomic E-state index is 0.166. The van der Waals surface area contributed by atoms with Crippen molar-refractivity contribution in [1.29, 1.82) is 10.8 Å². The monoisotopic (exact) mass is 422 g/mol. The number of thiazole rings is 1. The van der Waals surface area contributed by atoms with Gasteiger partial charge in [-0.15, -0.1) is 16.4 Å². The van der Waals surface area contributed by atoms with Crippen LogP contribution < -0.4 is 15.7 Å². The van der Waals surface area contributed by atoms with E-state index in [1.54, 1.807) is 17.9 Å². The standard InChI is InChI=1S/C20H22N8OS/c1-12-13(2)19(26-28(10-21)18(12)22)27-4-3-17-15(9-27)5-14(6-24-17)20(29)25-8-16-7-23-11-30-16/h5-7,10-11,21-22H,3-4,8-9H2,1-2H3,(H,25,29). The van der Waals surface area contributed by atoms with Crippen LogP contribution in [0.15, 0.2) is 24.0 Å². The van der Waals surface area contributed by atoms with Gasteiger partial charge in [-0.05, 0) is 31.0 Å². The minimum atomic E-state index is -0.166. The zero-order valence-corrected chi connectivity index (χ0v) is 17.6. The smallest absolute Gasteiger partial charge is 0.253 e. The molecular weight excluding hydrogens is 400 g/mol. The van der Waals surface area contributed by atoms with Gasteiger partial charge in [-0.2, -0.15) is 0 Å². The van der Waals surface area contributed by atoms with Crippen molar-refractivity contribution in [2.45, 2.75) is 33.4 Å². The first-order valence-corrected chi connectivity index (χ1v) is 10.4. The highest BCUT2D eigenvalue weighted by molar-refractivity contribution is 7.09. The molecule has 4 rings (SSSR count). The molecule has 0 aromatic carbocycles. The SMILES string of the molecule is Cc1c(N2CCc3ncc(C(=O)NCc4cncs4)cc3C2)nn(C=N)c(=N)c1C. The molecule has 0 saturated heterocycles. The highest BCUT2D eigenvalue weighted by Gasteiger charge is 2.23. The Morgan fingerprint density at radius 2 is 2.17 bits per heavy atom. The molecule has 0 unspecified atom stereocenters. The molecule has 0 spiro atoms. The molecule has 9 nitrogen and oxygen atoms in total. The van der Waals surface area contributed by atoms with Crippen LogP contribution in [0.3, 0.4) is 0 Å². The predicted octanol–water partition coefficient (Wildman–Crippen LogP) is 1.78. The average Bonchev–Trinajstić information content (AvgIpc) is 3.29. The molecule has 1 aliphatic rings. The van der Waals surface area contributed by atoms with E-state index in [4.69, 9.17) is 10.8 Å². The van der Waals surface area contributed by atoms with Gasteiger partial charge >= 0.3 is 0 Å². The van der Waals surface area contributed by atoms with Crippen molar-refractivity contribution in [3.05, 3.63) is 62.3 Å². The Balaban J connectivity index is 1.57. The fourth-order valence-electron chi connectivity index (χ4n) is 3.47. The van der Waals surface area contributed by atoms with Crippen molar-refractivity contribution in [3.8, 4) is 0 Å². The van der Waals surface area contributed by atoms with E-state index in [0.29, 0.717) is 18.7 Å². The van der Waals surface area contributed by atoms with E-state index in [1.807, 2.05) is 19.9 Å². The molecule has 10 heteroatoms. The Bertz CT molecular complexity index is 1170. The van der Waals surface area contributed by atoms with Gasteiger partial charge in [-0.1, -0.05) is 0 Å². The number of hydrogen-bond acceptors (Lipinski definition) is 8. The molecule has 3 aromatic rings. The van der Waals surface area contributed by atoms with Crippen LogP contribution in [0.25, 0.3) is 0 Å². The number of anilines is 1. The third-order valence-electron chi connectivity index (χ3n) is 5.31. The summed E-state index contributed by atoms with van der Waals surface area (Å²) in [5.74, 6) is 0.582.